The van der Waals surface area contributed by atoms with Crippen LogP contribution in [-0.4, -0.2) is 36.5 Å². The molecule has 0 aliphatic carbocycles. The molecule has 0 unspecified atom stereocenters. The first kappa shape index (κ1) is 20.6. The monoisotopic (exact) mass is 388 g/mol. The summed E-state index contributed by atoms with van der Waals surface area (Å²) in [5, 5.41) is 5.24. The van der Waals surface area contributed by atoms with Crippen molar-refractivity contribution in [1.29, 1.82) is 0 Å². The number of para-hydroxylation sites is 4. The zero-order valence-electron chi connectivity index (χ0n) is 15.7. The Morgan fingerprint density at radius 2 is 1.59 bits per heavy atom. The van der Waals surface area contributed by atoms with E-state index in [0.717, 1.165) is 0 Å². The summed E-state index contributed by atoms with van der Waals surface area (Å²) in [6, 6.07) is 14.5. The number of ether oxygens (including phenoxy) is 2. The van der Waals surface area contributed by atoms with Crippen molar-refractivity contribution < 1.29 is 19.1 Å². The zero-order chi connectivity index (χ0) is 19.6. The number of benzene rings is 2. The minimum Gasteiger partial charge on any atom is -0.495 e. The van der Waals surface area contributed by atoms with Gasteiger partial charge >= 0.3 is 0 Å². The van der Waals surface area contributed by atoms with Crippen molar-refractivity contribution in [2.24, 2.45) is 0 Å². The number of hydrogen-bond donors (Lipinski definition) is 2. The van der Waals surface area contributed by atoms with Gasteiger partial charge in [-0.3, -0.25) is 9.59 Å². The molecular formula is C20H24N2O4S. The maximum Gasteiger partial charge on any atom is 0.237 e. The molecule has 2 aromatic carbocycles. The van der Waals surface area contributed by atoms with Gasteiger partial charge in [0.05, 0.1) is 36.1 Å². The van der Waals surface area contributed by atoms with Gasteiger partial charge in [0.1, 0.15) is 11.5 Å². The number of nitrogens with one attached hydrogen (secondary N) is 2. The molecule has 2 amide bonds. The van der Waals surface area contributed by atoms with Crippen LogP contribution in [-0.2, 0) is 9.59 Å². The third kappa shape index (κ3) is 6.21. The number of carbonyl (C=O) groups excluding carboxylic acids is 2. The standard InChI is InChI=1S/C20H24N2O4S/c1-4-26-18-12-8-6-10-16(18)21-19(23)13-27-14(2)20(24)22-15-9-5-7-11-17(15)25-3/h5-12,14H,4,13H2,1-3H3,(H,21,23)(H,22,24)/t14-/m1/s1. The molecule has 0 aliphatic rings. The molecule has 7 heteroatoms. The van der Waals surface area contributed by atoms with E-state index in [1.807, 2.05) is 31.2 Å². The fraction of sp³-hybridized carbons (Fsp3) is 0.300. The molecule has 27 heavy (non-hydrogen) atoms. The lowest BCUT2D eigenvalue weighted by atomic mass is 10.3. The highest BCUT2D eigenvalue weighted by Gasteiger charge is 2.17. The van der Waals surface area contributed by atoms with Crippen molar-refractivity contribution in [1.82, 2.24) is 0 Å². The second kappa shape index (κ2) is 10.5. The lowest BCUT2D eigenvalue weighted by Gasteiger charge is -2.14. The van der Waals surface area contributed by atoms with Crippen molar-refractivity contribution in [2.75, 3.05) is 30.1 Å². The highest BCUT2D eigenvalue weighted by atomic mass is 32.2. The van der Waals surface area contributed by atoms with Crippen molar-refractivity contribution >= 4 is 35.0 Å². The second-order valence-corrected chi connectivity index (χ2v) is 6.95. The summed E-state index contributed by atoms with van der Waals surface area (Å²) >= 11 is 1.26. The van der Waals surface area contributed by atoms with Crippen molar-refractivity contribution in [2.45, 2.75) is 19.1 Å². The van der Waals surface area contributed by atoms with E-state index in [4.69, 9.17) is 9.47 Å². The summed E-state index contributed by atoms with van der Waals surface area (Å²) in [7, 11) is 1.55. The summed E-state index contributed by atoms with van der Waals surface area (Å²) < 4.78 is 10.7. The molecule has 2 aromatic rings. The van der Waals surface area contributed by atoms with Crippen LogP contribution in [0.2, 0.25) is 0 Å². The highest BCUT2D eigenvalue weighted by molar-refractivity contribution is 8.01. The van der Waals surface area contributed by atoms with Crippen molar-refractivity contribution in [3.63, 3.8) is 0 Å². The molecule has 0 aromatic heterocycles. The molecule has 0 aliphatic heterocycles. The van der Waals surface area contributed by atoms with Gasteiger partial charge < -0.3 is 20.1 Å². The maximum absolute atomic E-state index is 12.4. The Hall–Kier alpha value is -2.67. The third-order valence-corrected chi connectivity index (χ3v) is 4.80. The Labute approximate surface area is 163 Å². The molecule has 0 radical (unpaired) electrons. The van der Waals surface area contributed by atoms with E-state index in [9.17, 15) is 9.59 Å². The largest absolute Gasteiger partial charge is 0.495 e. The smallest absolute Gasteiger partial charge is 0.237 e. The number of methoxy groups -OCH3 is 1. The van der Waals surface area contributed by atoms with Gasteiger partial charge in [-0.1, -0.05) is 24.3 Å². The van der Waals surface area contributed by atoms with E-state index in [-0.39, 0.29) is 17.6 Å². The SMILES string of the molecule is CCOc1ccccc1NC(=O)CS[C@H](C)C(=O)Nc1ccccc1OC. The lowest BCUT2D eigenvalue weighted by molar-refractivity contribution is -0.115. The topological polar surface area (TPSA) is 76.7 Å². The minimum absolute atomic E-state index is 0.154. The van der Waals surface area contributed by atoms with E-state index < -0.39 is 5.25 Å². The van der Waals surface area contributed by atoms with Gasteiger partial charge in [0, 0.05) is 0 Å². The van der Waals surface area contributed by atoms with Crippen LogP contribution < -0.4 is 20.1 Å². The second-order valence-electron chi connectivity index (χ2n) is 5.62. The Morgan fingerprint density at radius 1 is 1.00 bits per heavy atom. The lowest BCUT2D eigenvalue weighted by Crippen LogP contribution is -2.25. The summed E-state index contributed by atoms with van der Waals surface area (Å²) in [6.07, 6.45) is 0. The Bertz CT molecular complexity index is 782. The van der Waals surface area contributed by atoms with Gasteiger partial charge in [0.2, 0.25) is 11.8 Å². The first-order valence-electron chi connectivity index (χ1n) is 8.62. The van der Waals surface area contributed by atoms with Crippen molar-refractivity contribution in [3.05, 3.63) is 48.5 Å². The van der Waals surface area contributed by atoms with E-state index >= 15 is 0 Å². The Balaban J connectivity index is 1.86. The first-order valence-corrected chi connectivity index (χ1v) is 9.67. The molecule has 2 rings (SSSR count). The van der Waals surface area contributed by atoms with Gasteiger partial charge in [-0.2, -0.15) is 0 Å². The number of hydrogen-bond acceptors (Lipinski definition) is 5. The number of anilines is 2. The van der Waals surface area contributed by atoms with Crippen LogP contribution in [0.5, 0.6) is 11.5 Å². The van der Waals surface area contributed by atoms with E-state index in [2.05, 4.69) is 10.6 Å². The van der Waals surface area contributed by atoms with Crippen LogP contribution in [0.4, 0.5) is 11.4 Å². The number of amides is 2. The minimum atomic E-state index is -0.400. The fourth-order valence-corrected chi connectivity index (χ4v) is 2.98. The van der Waals surface area contributed by atoms with Crippen LogP contribution in [0.1, 0.15) is 13.8 Å². The molecule has 0 bridgehead atoms. The van der Waals surface area contributed by atoms with Crippen LogP contribution >= 0.6 is 11.8 Å². The first-order chi connectivity index (χ1) is 13.0. The van der Waals surface area contributed by atoms with Gasteiger partial charge in [-0.05, 0) is 38.1 Å². The molecule has 144 valence electrons. The third-order valence-electron chi connectivity index (χ3n) is 3.66. The van der Waals surface area contributed by atoms with E-state index in [1.165, 1.54) is 11.8 Å². The molecule has 0 spiro atoms. The Morgan fingerprint density at radius 3 is 2.22 bits per heavy atom. The molecule has 0 saturated heterocycles. The van der Waals surface area contributed by atoms with Gasteiger partial charge in [-0.15, -0.1) is 11.8 Å². The summed E-state index contributed by atoms with van der Waals surface area (Å²) in [6.45, 7) is 4.16. The number of thioether (sulfide) groups is 1. The molecule has 2 N–H and O–H groups in total. The maximum atomic E-state index is 12.4. The average molecular weight is 388 g/mol. The predicted molar refractivity (Wildman–Crippen MR) is 110 cm³/mol. The normalized spacial score (nSPS) is 11.4. The molecule has 0 heterocycles. The van der Waals surface area contributed by atoms with Gasteiger partial charge in [0.25, 0.3) is 0 Å². The van der Waals surface area contributed by atoms with Crippen molar-refractivity contribution in [3.8, 4) is 11.5 Å². The fourth-order valence-electron chi connectivity index (χ4n) is 2.30. The van der Waals surface area contributed by atoms with E-state index in [0.29, 0.717) is 29.5 Å². The Kier molecular flexibility index (Phi) is 8.00. The van der Waals surface area contributed by atoms with Crippen LogP contribution in [0.3, 0.4) is 0 Å². The van der Waals surface area contributed by atoms with Crippen LogP contribution in [0.15, 0.2) is 48.5 Å². The van der Waals surface area contributed by atoms with E-state index in [1.54, 1.807) is 38.3 Å². The van der Waals surface area contributed by atoms with Gasteiger partial charge in [-0.25, -0.2) is 0 Å². The molecule has 6 nitrogen and oxygen atoms in total. The molecular weight excluding hydrogens is 364 g/mol. The van der Waals surface area contributed by atoms with Gasteiger partial charge in [0.15, 0.2) is 0 Å². The molecule has 0 fully saturated rings. The van der Waals surface area contributed by atoms with Crippen LogP contribution in [0, 0.1) is 0 Å². The molecule has 1 atom stereocenters. The number of rotatable bonds is 9. The zero-order valence-corrected chi connectivity index (χ0v) is 16.5. The molecule has 0 saturated carbocycles. The summed E-state index contributed by atoms with van der Waals surface area (Å²) in [5.41, 5.74) is 1.23. The summed E-state index contributed by atoms with van der Waals surface area (Å²) in [5.74, 6) is 0.991. The predicted octanol–water partition coefficient (Wildman–Crippen LogP) is 3.79. The number of carbonyl (C=O) groups is 2. The average Bonchev–Trinajstić information content (AvgIpc) is 2.68. The van der Waals surface area contributed by atoms with Crippen LogP contribution in [0.25, 0.3) is 0 Å². The summed E-state index contributed by atoms with van der Waals surface area (Å²) in [4.78, 5) is 24.6. The highest BCUT2D eigenvalue weighted by Crippen LogP contribution is 2.25. The quantitative estimate of drug-likeness (QED) is 0.683.